The molecule has 88 valence electrons. The van der Waals surface area contributed by atoms with Crippen LogP contribution in [0.25, 0.3) is 0 Å². The van der Waals surface area contributed by atoms with Crippen molar-refractivity contribution in [1.29, 1.82) is 0 Å². The number of rotatable bonds is 4. The van der Waals surface area contributed by atoms with Gasteiger partial charge in [0.2, 0.25) is 0 Å². The summed E-state index contributed by atoms with van der Waals surface area (Å²) in [5.41, 5.74) is -1.85. The van der Waals surface area contributed by atoms with E-state index in [4.69, 9.17) is 20.4 Å². The molecule has 0 aliphatic heterocycles. The first-order valence-electron chi connectivity index (χ1n) is 5.05. The summed E-state index contributed by atoms with van der Waals surface area (Å²) in [6.45, 7) is -1.26. The number of carbonyl (C=O) groups excluding carboxylic acids is 1. The molecule has 1 fully saturated rings. The minimum atomic E-state index is -1.08. The second-order valence-corrected chi connectivity index (χ2v) is 4.51. The average Bonchev–Trinajstić information content (AvgIpc) is 2.29. The Morgan fingerprint density at radius 1 is 0.933 bits per heavy atom. The number of carbonyl (C=O) groups is 1. The van der Waals surface area contributed by atoms with Crippen LogP contribution in [0, 0.1) is 10.8 Å². The Morgan fingerprint density at radius 2 is 1.47 bits per heavy atom. The molecule has 1 aliphatic carbocycles. The SMILES string of the molecule is O=C1CC(CO)(CO)CCC1(CO)CO. The average molecular weight is 218 g/mol. The first-order chi connectivity index (χ1) is 7.08. The monoisotopic (exact) mass is 218 g/mol. The molecule has 1 rings (SSSR count). The summed E-state index contributed by atoms with van der Waals surface area (Å²) in [7, 11) is 0. The van der Waals surface area contributed by atoms with Crippen LogP contribution in [0.2, 0.25) is 0 Å². The van der Waals surface area contributed by atoms with E-state index >= 15 is 0 Å². The maximum atomic E-state index is 11.8. The maximum Gasteiger partial charge on any atom is 0.144 e. The van der Waals surface area contributed by atoms with Gasteiger partial charge in [0.05, 0.1) is 31.8 Å². The van der Waals surface area contributed by atoms with Gasteiger partial charge in [0.25, 0.3) is 0 Å². The van der Waals surface area contributed by atoms with Crippen molar-refractivity contribution in [3.63, 3.8) is 0 Å². The summed E-state index contributed by atoms with van der Waals surface area (Å²) in [4.78, 5) is 11.8. The number of aliphatic hydroxyl groups is 4. The highest BCUT2D eigenvalue weighted by Gasteiger charge is 2.47. The normalized spacial score (nSPS) is 24.1. The first kappa shape index (κ1) is 12.6. The molecule has 1 saturated carbocycles. The first-order valence-corrected chi connectivity index (χ1v) is 5.05. The minimum Gasteiger partial charge on any atom is -0.396 e. The van der Waals surface area contributed by atoms with Gasteiger partial charge < -0.3 is 20.4 Å². The molecule has 0 aromatic heterocycles. The van der Waals surface area contributed by atoms with Crippen LogP contribution in [-0.4, -0.2) is 52.6 Å². The van der Waals surface area contributed by atoms with Gasteiger partial charge in [-0.1, -0.05) is 0 Å². The lowest BCUT2D eigenvalue weighted by Gasteiger charge is -2.41. The molecule has 1 aliphatic rings. The van der Waals surface area contributed by atoms with E-state index in [0.717, 1.165) is 0 Å². The highest BCUT2D eigenvalue weighted by molar-refractivity contribution is 5.86. The van der Waals surface area contributed by atoms with E-state index in [-0.39, 0.29) is 38.6 Å². The predicted molar refractivity (Wildman–Crippen MR) is 52.1 cm³/mol. The van der Waals surface area contributed by atoms with Crippen molar-refractivity contribution in [3.8, 4) is 0 Å². The van der Waals surface area contributed by atoms with E-state index in [2.05, 4.69) is 0 Å². The second-order valence-electron chi connectivity index (χ2n) is 4.51. The fourth-order valence-electron chi connectivity index (χ4n) is 1.96. The van der Waals surface area contributed by atoms with Crippen LogP contribution >= 0.6 is 0 Å². The Kier molecular flexibility index (Phi) is 3.83. The fraction of sp³-hybridized carbons (Fsp3) is 0.900. The Labute approximate surface area is 88.4 Å². The Balaban J connectivity index is 2.82. The van der Waals surface area contributed by atoms with Gasteiger partial charge in [-0.2, -0.15) is 0 Å². The molecule has 0 aromatic rings. The molecule has 4 N–H and O–H groups in total. The number of hydrogen-bond acceptors (Lipinski definition) is 5. The van der Waals surface area contributed by atoms with Crippen LogP contribution in [0.4, 0.5) is 0 Å². The van der Waals surface area contributed by atoms with Gasteiger partial charge in [-0.25, -0.2) is 0 Å². The van der Waals surface area contributed by atoms with Gasteiger partial charge in [-0.05, 0) is 12.8 Å². The maximum absolute atomic E-state index is 11.8. The molecule has 0 unspecified atom stereocenters. The summed E-state index contributed by atoms with van der Waals surface area (Å²) >= 11 is 0. The standard InChI is InChI=1S/C10H18O5/c11-4-9(5-12)1-2-10(6-13,7-14)8(15)3-9/h11-14H,1-7H2. The van der Waals surface area contributed by atoms with Gasteiger partial charge in [-0.3, -0.25) is 4.79 Å². The van der Waals surface area contributed by atoms with Gasteiger partial charge in [0.15, 0.2) is 0 Å². The number of Topliss-reactive ketones (excluding diaryl/α,β-unsaturated/α-hetero) is 1. The number of hydrogen-bond donors (Lipinski definition) is 4. The van der Waals surface area contributed by atoms with Crippen LogP contribution in [0.3, 0.4) is 0 Å². The highest BCUT2D eigenvalue weighted by Crippen LogP contribution is 2.42. The summed E-state index contributed by atoms with van der Waals surface area (Å²) < 4.78 is 0. The van der Waals surface area contributed by atoms with Crippen LogP contribution in [0.5, 0.6) is 0 Å². The predicted octanol–water partition coefficient (Wildman–Crippen LogP) is -1.32. The topological polar surface area (TPSA) is 98.0 Å². The summed E-state index contributed by atoms with van der Waals surface area (Å²) in [6.07, 6.45) is 0.758. The zero-order chi connectivity index (χ0) is 11.5. The summed E-state index contributed by atoms with van der Waals surface area (Å²) in [6, 6.07) is 0. The van der Waals surface area contributed by atoms with E-state index in [9.17, 15) is 4.79 Å². The molecule has 0 heterocycles. The molecule has 0 spiro atoms. The molecule has 0 aromatic carbocycles. The molecule has 0 amide bonds. The lowest BCUT2D eigenvalue weighted by atomic mass is 9.64. The quantitative estimate of drug-likeness (QED) is 0.469. The largest absolute Gasteiger partial charge is 0.396 e. The Morgan fingerprint density at radius 3 is 1.80 bits per heavy atom. The lowest BCUT2D eigenvalue weighted by Crippen LogP contribution is -2.49. The highest BCUT2D eigenvalue weighted by atomic mass is 16.3. The molecule has 0 atom stereocenters. The zero-order valence-corrected chi connectivity index (χ0v) is 8.65. The van der Waals surface area contributed by atoms with Crippen molar-refractivity contribution in [2.45, 2.75) is 19.3 Å². The molecule has 0 saturated heterocycles. The van der Waals surface area contributed by atoms with Gasteiger partial charge >= 0.3 is 0 Å². The molecular formula is C10H18O5. The zero-order valence-electron chi connectivity index (χ0n) is 8.65. The van der Waals surface area contributed by atoms with E-state index in [0.29, 0.717) is 12.8 Å². The fourth-order valence-corrected chi connectivity index (χ4v) is 1.96. The van der Waals surface area contributed by atoms with Crippen LogP contribution in [0.1, 0.15) is 19.3 Å². The van der Waals surface area contributed by atoms with Gasteiger partial charge in [0, 0.05) is 11.8 Å². The molecular weight excluding hydrogens is 200 g/mol. The smallest absolute Gasteiger partial charge is 0.144 e. The van der Waals surface area contributed by atoms with Crippen LogP contribution < -0.4 is 0 Å². The minimum absolute atomic E-state index is 0.0150. The third kappa shape index (κ3) is 2.06. The molecule has 15 heavy (non-hydrogen) atoms. The van der Waals surface area contributed by atoms with Gasteiger partial charge in [-0.15, -0.1) is 0 Å². The summed E-state index contributed by atoms with van der Waals surface area (Å²) in [5, 5.41) is 36.5. The second kappa shape index (κ2) is 4.57. The van der Waals surface area contributed by atoms with E-state index in [1.807, 2.05) is 0 Å². The van der Waals surface area contributed by atoms with Crippen molar-refractivity contribution < 1.29 is 25.2 Å². The van der Waals surface area contributed by atoms with E-state index in [1.165, 1.54) is 0 Å². The Bertz CT molecular complexity index is 230. The summed E-state index contributed by atoms with van der Waals surface area (Å²) in [5.74, 6) is -0.276. The Hall–Kier alpha value is -0.490. The van der Waals surface area contributed by atoms with Crippen molar-refractivity contribution in [2.75, 3.05) is 26.4 Å². The van der Waals surface area contributed by atoms with Crippen molar-refractivity contribution in [3.05, 3.63) is 0 Å². The molecule has 5 nitrogen and oxygen atoms in total. The molecule has 0 radical (unpaired) electrons. The van der Waals surface area contributed by atoms with E-state index in [1.54, 1.807) is 0 Å². The van der Waals surface area contributed by atoms with Crippen molar-refractivity contribution in [2.24, 2.45) is 10.8 Å². The van der Waals surface area contributed by atoms with Crippen LogP contribution in [-0.2, 0) is 4.79 Å². The van der Waals surface area contributed by atoms with Crippen molar-refractivity contribution in [1.82, 2.24) is 0 Å². The molecule has 0 bridgehead atoms. The molecule has 5 heteroatoms. The lowest BCUT2D eigenvalue weighted by molar-refractivity contribution is -0.146. The van der Waals surface area contributed by atoms with E-state index < -0.39 is 10.8 Å². The third-order valence-electron chi connectivity index (χ3n) is 3.54. The number of aliphatic hydroxyl groups excluding tert-OH is 4. The third-order valence-corrected chi connectivity index (χ3v) is 3.54. The van der Waals surface area contributed by atoms with Crippen LogP contribution in [0.15, 0.2) is 0 Å². The number of ketones is 1. The van der Waals surface area contributed by atoms with Crippen molar-refractivity contribution >= 4 is 5.78 Å². The van der Waals surface area contributed by atoms with Gasteiger partial charge in [0.1, 0.15) is 5.78 Å².